The summed E-state index contributed by atoms with van der Waals surface area (Å²) in [5.74, 6) is 0.586. The van der Waals surface area contributed by atoms with Crippen LogP contribution in [0.2, 0.25) is 0 Å². The van der Waals surface area contributed by atoms with Crippen molar-refractivity contribution >= 4 is 6.16 Å². The molecule has 0 saturated heterocycles. The monoisotopic (exact) mass is 326 g/mol. The fourth-order valence-electron chi connectivity index (χ4n) is 2.68. The Morgan fingerprint density at radius 3 is 2.38 bits per heavy atom. The highest BCUT2D eigenvalue weighted by Crippen LogP contribution is 2.26. The maximum atomic E-state index is 12.2. The summed E-state index contributed by atoms with van der Waals surface area (Å²) in [7, 11) is 0. The van der Waals surface area contributed by atoms with Gasteiger partial charge in [-0.15, -0.1) is 0 Å². The first kappa shape index (κ1) is 18.1. The molecule has 0 radical (unpaired) electrons. The van der Waals surface area contributed by atoms with E-state index in [1.807, 2.05) is 42.5 Å². The summed E-state index contributed by atoms with van der Waals surface area (Å²) >= 11 is 0. The third-order valence-corrected chi connectivity index (χ3v) is 4.07. The van der Waals surface area contributed by atoms with E-state index in [0.29, 0.717) is 5.75 Å². The van der Waals surface area contributed by atoms with E-state index in [9.17, 15) is 4.79 Å². The largest absolute Gasteiger partial charge is 0.514 e. The summed E-state index contributed by atoms with van der Waals surface area (Å²) in [6.07, 6.45) is 2.56. The molecule has 0 heterocycles. The molecule has 3 nitrogen and oxygen atoms in total. The van der Waals surface area contributed by atoms with Crippen molar-refractivity contribution in [1.29, 1.82) is 0 Å². The lowest BCUT2D eigenvalue weighted by Crippen LogP contribution is -2.16. The predicted molar refractivity (Wildman–Crippen MR) is 96.4 cm³/mol. The lowest BCUT2D eigenvalue weighted by Gasteiger charge is -2.18. The van der Waals surface area contributed by atoms with Gasteiger partial charge in [-0.1, -0.05) is 69.7 Å². The first-order valence-electron chi connectivity index (χ1n) is 8.73. The van der Waals surface area contributed by atoms with Gasteiger partial charge in [0, 0.05) is 0 Å². The summed E-state index contributed by atoms with van der Waals surface area (Å²) in [5.41, 5.74) is 3.26. The Bertz CT molecular complexity index is 649. The molecule has 128 valence electrons. The van der Waals surface area contributed by atoms with Gasteiger partial charge in [0.1, 0.15) is 11.9 Å². The summed E-state index contributed by atoms with van der Waals surface area (Å²) in [6.45, 7) is 6.24. The minimum atomic E-state index is -0.642. The van der Waals surface area contributed by atoms with Crippen molar-refractivity contribution in [3.05, 3.63) is 65.2 Å². The van der Waals surface area contributed by atoms with E-state index in [0.717, 1.165) is 36.8 Å². The molecule has 0 N–H and O–H groups in total. The molecule has 0 saturated carbocycles. The van der Waals surface area contributed by atoms with Crippen molar-refractivity contribution in [2.24, 2.45) is 0 Å². The molecule has 0 aliphatic carbocycles. The van der Waals surface area contributed by atoms with E-state index in [4.69, 9.17) is 9.47 Å². The topological polar surface area (TPSA) is 35.5 Å². The van der Waals surface area contributed by atoms with Crippen LogP contribution in [0.1, 0.15) is 56.4 Å². The van der Waals surface area contributed by atoms with Gasteiger partial charge in [-0.3, -0.25) is 0 Å². The van der Waals surface area contributed by atoms with Crippen LogP contribution < -0.4 is 4.74 Å². The third kappa shape index (κ3) is 4.85. The minimum absolute atomic E-state index is 0.274. The van der Waals surface area contributed by atoms with Gasteiger partial charge >= 0.3 is 6.16 Å². The Hall–Kier alpha value is -2.29. The second-order valence-electron chi connectivity index (χ2n) is 5.81. The SMILES string of the molecule is CCCC(OC(=O)Oc1ccc(CC)cc1CC)c1ccccc1. The molecule has 0 aliphatic heterocycles. The van der Waals surface area contributed by atoms with E-state index in [1.165, 1.54) is 5.56 Å². The van der Waals surface area contributed by atoms with E-state index >= 15 is 0 Å². The molecule has 0 amide bonds. The van der Waals surface area contributed by atoms with Crippen LogP contribution in [0.15, 0.2) is 48.5 Å². The van der Waals surface area contributed by atoms with Crippen molar-refractivity contribution in [1.82, 2.24) is 0 Å². The zero-order valence-corrected chi connectivity index (χ0v) is 14.7. The van der Waals surface area contributed by atoms with Crippen molar-refractivity contribution in [3.63, 3.8) is 0 Å². The van der Waals surface area contributed by atoms with Crippen molar-refractivity contribution < 1.29 is 14.3 Å². The second kappa shape index (κ2) is 9.11. The Morgan fingerprint density at radius 1 is 1.00 bits per heavy atom. The maximum absolute atomic E-state index is 12.2. The summed E-state index contributed by atoms with van der Waals surface area (Å²) in [6, 6.07) is 15.7. The number of carbonyl (C=O) groups is 1. The Balaban J connectivity index is 2.08. The van der Waals surface area contributed by atoms with E-state index in [2.05, 4.69) is 26.8 Å². The Kier molecular flexibility index (Phi) is 6.86. The normalized spacial score (nSPS) is 11.8. The van der Waals surface area contributed by atoms with Crippen molar-refractivity contribution in [2.75, 3.05) is 0 Å². The molecular formula is C21H26O3. The Labute approximate surface area is 144 Å². The van der Waals surface area contributed by atoms with Crippen LogP contribution in [-0.2, 0) is 17.6 Å². The number of ether oxygens (including phenoxy) is 2. The molecule has 0 spiro atoms. The number of carbonyl (C=O) groups excluding carboxylic acids is 1. The number of hydrogen-bond donors (Lipinski definition) is 0. The number of rotatable bonds is 7. The zero-order chi connectivity index (χ0) is 17.4. The Morgan fingerprint density at radius 2 is 1.75 bits per heavy atom. The predicted octanol–water partition coefficient (Wildman–Crippen LogP) is 5.87. The van der Waals surface area contributed by atoms with Crippen molar-refractivity contribution in [2.45, 2.75) is 52.6 Å². The standard InChI is InChI=1S/C21H26O3/c1-4-10-19(18-11-8-7-9-12-18)23-21(22)24-20-14-13-16(5-2)15-17(20)6-3/h7-9,11-15,19H,4-6,10H2,1-3H3. The molecule has 2 rings (SSSR count). The van der Waals surface area contributed by atoms with Gasteiger partial charge in [0.05, 0.1) is 0 Å². The van der Waals surface area contributed by atoms with Gasteiger partial charge in [0.2, 0.25) is 0 Å². The first-order chi connectivity index (χ1) is 11.7. The number of benzene rings is 2. The van der Waals surface area contributed by atoms with Crippen LogP contribution in [0.25, 0.3) is 0 Å². The summed E-state index contributed by atoms with van der Waals surface area (Å²) < 4.78 is 11.0. The molecule has 24 heavy (non-hydrogen) atoms. The minimum Gasteiger partial charge on any atom is -0.426 e. The van der Waals surface area contributed by atoms with Gasteiger partial charge in [-0.2, -0.15) is 0 Å². The van der Waals surface area contributed by atoms with Gasteiger partial charge < -0.3 is 9.47 Å². The van der Waals surface area contributed by atoms with Crippen LogP contribution in [0, 0.1) is 0 Å². The molecule has 0 aliphatic rings. The fourth-order valence-corrected chi connectivity index (χ4v) is 2.68. The van der Waals surface area contributed by atoms with Crippen LogP contribution >= 0.6 is 0 Å². The molecule has 0 fully saturated rings. The molecule has 0 bridgehead atoms. The quantitative estimate of drug-likeness (QED) is 0.471. The van der Waals surface area contributed by atoms with Gasteiger partial charge in [0.25, 0.3) is 0 Å². The van der Waals surface area contributed by atoms with Crippen LogP contribution in [0.4, 0.5) is 4.79 Å². The zero-order valence-electron chi connectivity index (χ0n) is 14.7. The van der Waals surface area contributed by atoms with Gasteiger partial charge in [0.15, 0.2) is 0 Å². The molecule has 2 aromatic carbocycles. The first-order valence-corrected chi connectivity index (χ1v) is 8.73. The molecule has 0 aromatic heterocycles. The molecule has 1 atom stereocenters. The van der Waals surface area contributed by atoms with Crippen LogP contribution in [0.5, 0.6) is 5.75 Å². The second-order valence-corrected chi connectivity index (χ2v) is 5.81. The van der Waals surface area contributed by atoms with Crippen LogP contribution in [-0.4, -0.2) is 6.16 Å². The molecule has 3 heteroatoms. The molecule has 1 unspecified atom stereocenters. The fraction of sp³-hybridized carbons (Fsp3) is 0.381. The molecule has 2 aromatic rings. The smallest absolute Gasteiger partial charge is 0.426 e. The highest BCUT2D eigenvalue weighted by atomic mass is 16.7. The maximum Gasteiger partial charge on any atom is 0.514 e. The summed E-state index contributed by atoms with van der Waals surface area (Å²) in [4.78, 5) is 12.2. The molecular weight excluding hydrogens is 300 g/mol. The van der Waals surface area contributed by atoms with Crippen LogP contribution in [0.3, 0.4) is 0 Å². The highest BCUT2D eigenvalue weighted by Gasteiger charge is 2.18. The highest BCUT2D eigenvalue weighted by molar-refractivity contribution is 5.65. The number of aryl methyl sites for hydroxylation is 2. The average molecular weight is 326 g/mol. The van der Waals surface area contributed by atoms with E-state index in [-0.39, 0.29) is 6.10 Å². The average Bonchev–Trinajstić information content (AvgIpc) is 2.62. The number of hydrogen-bond acceptors (Lipinski definition) is 3. The lowest BCUT2D eigenvalue weighted by molar-refractivity contribution is 0.0534. The third-order valence-electron chi connectivity index (χ3n) is 4.07. The van der Waals surface area contributed by atoms with E-state index < -0.39 is 6.16 Å². The van der Waals surface area contributed by atoms with Gasteiger partial charge in [-0.05, 0) is 42.0 Å². The lowest BCUT2D eigenvalue weighted by atomic mass is 10.1. The van der Waals surface area contributed by atoms with Crippen molar-refractivity contribution in [3.8, 4) is 5.75 Å². The summed E-state index contributed by atoms with van der Waals surface area (Å²) in [5, 5.41) is 0. The van der Waals surface area contributed by atoms with E-state index in [1.54, 1.807) is 0 Å². The van der Waals surface area contributed by atoms with Gasteiger partial charge in [-0.25, -0.2) is 4.79 Å².